The summed E-state index contributed by atoms with van der Waals surface area (Å²) in [4.78, 5) is 37.8. The molecule has 0 bridgehead atoms. The van der Waals surface area contributed by atoms with Crippen molar-refractivity contribution >= 4 is 17.8 Å². The lowest BCUT2D eigenvalue weighted by atomic mass is 10.0. The lowest BCUT2D eigenvalue weighted by Crippen LogP contribution is -2.53. The third-order valence-electron chi connectivity index (χ3n) is 5.58. The van der Waals surface area contributed by atoms with Crippen LogP contribution in [0.25, 0.3) is 0 Å². The van der Waals surface area contributed by atoms with Crippen LogP contribution in [-0.4, -0.2) is 64.2 Å². The van der Waals surface area contributed by atoms with Crippen molar-refractivity contribution in [2.24, 2.45) is 5.73 Å². The van der Waals surface area contributed by atoms with Crippen LogP contribution in [0, 0.1) is 0 Å². The molecule has 3 atom stereocenters. The third kappa shape index (κ3) is 7.42. The van der Waals surface area contributed by atoms with Gasteiger partial charge in [-0.25, -0.2) is 0 Å². The van der Waals surface area contributed by atoms with Gasteiger partial charge in [0, 0.05) is 12.6 Å². The average Bonchev–Trinajstić information content (AvgIpc) is 3.17. The van der Waals surface area contributed by atoms with Crippen LogP contribution in [0.1, 0.15) is 50.5 Å². The maximum atomic E-state index is 13.2. The fourth-order valence-electron chi connectivity index (χ4n) is 3.99. The Bertz CT molecular complexity index is 697. The zero-order valence-corrected chi connectivity index (χ0v) is 17.3. The predicted molar refractivity (Wildman–Crippen MR) is 113 cm³/mol. The van der Waals surface area contributed by atoms with Crippen molar-refractivity contribution in [3.8, 4) is 0 Å². The fraction of sp³-hybridized carbons (Fsp3) is 0.591. The molecule has 1 heterocycles. The molecular weight excluding hydrogens is 386 g/mol. The van der Waals surface area contributed by atoms with Crippen LogP contribution in [0.3, 0.4) is 0 Å². The van der Waals surface area contributed by atoms with Crippen molar-refractivity contribution in [3.05, 3.63) is 35.9 Å². The largest absolute Gasteiger partial charge is 0.481 e. The molecule has 8 nitrogen and oxygen atoms in total. The molecule has 1 aliphatic heterocycles. The Kier molecular flexibility index (Phi) is 9.76. The average molecular weight is 420 g/mol. The van der Waals surface area contributed by atoms with Crippen molar-refractivity contribution in [1.29, 1.82) is 0 Å². The number of hydrogen-bond donors (Lipinski definition) is 4. The van der Waals surface area contributed by atoms with Gasteiger partial charge in [-0.15, -0.1) is 0 Å². The van der Waals surface area contributed by atoms with Crippen molar-refractivity contribution in [3.63, 3.8) is 0 Å². The number of carboxylic acids is 2. The second-order valence-corrected chi connectivity index (χ2v) is 7.84. The summed E-state index contributed by atoms with van der Waals surface area (Å²) in [5, 5.41) is 21.9. The van der Waals surface area contributed by atoms with Crippen LogP contribution < -0.4 is 11.1 Å². The SMILES string of the molecule is NCCCC[C@H](NC(CCc1ccccc1)C(=O)O)C(=O)N1CCC[C@H]1CC(=O)O. The number of rotatable bonds is 13. The number of unbranched alkanes of at least 4 members (excludes halogenated alkanes) is 1. The maximum absolute atomic E-state index is 13.2. The second-order valence-electron chi connectivity index (χ2n) is 7.84. The first-order chi connectivity index (χ1) is 14.4. The minimum absolute atomic E-state index is 0.0857. The van der Waals surface area contributed by atoms with Gasteiger partial charge in [-0.05, 0) is 50.6 Å². The number of hydrogen-bond acceptors (Lipinski definition) is 5. The van der Waals surface area contributed by atoms with E-state index in [0.717, 1.165) is 18.4 Å². The number of aliphatic carboxylic acids is 2. The molecule has 1 fully saturated rings. The van der Waals surface area contributed by atoms with E-state index in [9.17, 15) is 19.5 Å². The fourth-order valence-corrected chi connectivity index (χ4v) is 3.99. The van der Waals surface area contributed by atoms with Gasteiger partial charge in [0.2, 0.25) is 5.91 Å². The number of amides is 1. The van der Waals surface area contributed by atoms with E-state index in [1.807, 2.05) is 30.3 Å². The monoisotopic (exact) mass is 419 g/mol. The minimum atomic E-state index is -0.994. The molecule has 0 aliphatic carbocycles. The Labute approximate surface area is 177 Å². The van der Waals surface area contributed by atoms with E-state index < -0.39 is 24.0 Å². The molecule has 0 spiro atoms. The van der Waals surface area contributed by atoms with Crippen molar-refractivity contribution in [2.45, 2.75) is 69.5 Å². The molecule has 0 aromatic heterocycles. The number of carbonyl (C=O) groups excluding carboxylic acids is 1. The number of carbonyl (C=O) groups is 3. The standard InChI is InChI=1S/C22H33N3O5/c23-13-5-4-10-18(21(28)25-14-6-9-17(25)15-20(26)27)24-19(22(29)30)12-11-16-7-2-1-3-8-16/h1-3,7-8,17-19,24H,4-6,9-15,23H2,(H,26,27)(H,29,30)/t17-,18-,19?/m0/s1. The zero-order chi connectivity index (χ0) is 21.9. The number of nitrogens with one attached hydrogen (secondary N) is 1. The van der Waals surface area contributed by atoms with E-state index in [0.29, 0.717) is 45.2 Å². The Morgan fingerprint density at radius 1 is 1.10 bits per heavy atom. The van der Waals surface area contributed by atoms with E-state index in [-0.39, 0.29) is 18.4 Å². The smallest absolute Gasteiger partial charge is 0.320 e. The highest BCUT2D eigenvalue weighted by molar-refractivity contribution is 5.84. The highest BCUT2D eigenvalue weighted by Gasteiger charge is 2.35. The molecular formula is C22H33N3O5. The van der Waals surface area contributed by atoms with Gasteiger partial charge < -0.3 is 20.8 Å². The highest BCUT2D eigenvalue weighted by Crippen LogP contribution is 2.22. The number of nitrogens with two attached hydrogens (primary N) is 1. The first-order valence-electron chi connectivity index (χ1n) is 10.7. The van der Waals surface area contributed by atoms with Gasteiger partial charge in [-0.1, -0.05) is 36.8 Å². The Balaban J connectivity index is 2.07. The van der Waals surface area contributed by atoms with Crippen LogP contribution in [-0.2, 0) is 20.8 Å². The quantitative estimate of drug-likeness (QED) is 0.357. The van der Waals surface area contributed by atoms with E-state index in [4.69, 9.17) is 10.8 Å². The molecule has 1 aliphatic rings. The molecule has 1 amide bonds. The zero-order valence-electron chi connectivity index (χ0n) is 17.3. The lowest BCUT2D eigenvalue weighted by molar-refractivity contribution is -0.141. The molecule has 166 valence electrons. The topological polar surface area (TPSA) is 133 Å². The van der Waals surface area contributed by atoms with Crippen molar-refractivity contribution in [2.75, 3.05) is 13.1 Å². The molecule has 5 N–H and O–H groups in total. The summed E-state index contributed by atoms with van der Waals surface area (Å²) in [6.45, 7) is 1.01. The summed E-state index contributed by atoms with van der Waals surface area (Å²) in [5.41, 5.74) is 6.62. The van der Waals surface area contributed by atoms with Gasteiger partial charge in [0.1, 0.15) is 6.04 Å². The number of nitrogens with zero attached hydrogens (tertiary/aromatic N) is 1. The molecule has 1 aromatic rings. The number of likely N-dealkylation sites (tertiary alicyclic amines) is 1. The molecule has 30 heavy (non-hydrogen) atoms. The number of benzene rings is 1. The normalized spacial score (nSPS) is 18.2. The Morgan fingerprint density at radius 2 is 1.83 bits per heavy atom. The highest BCUT2D eigenvalue weighted by atomic mass is 16.4. The van der Waals surface area contributed by atoms with Crippen LogP contribution >= 0.6 is 0 Å². The van der Waals surface area contributed by atoms with Gasteiger partial charge in [0.05, 0.1) is 12.5 Å². The van der Waals surface area contributed by atoms with E-state index in [1.165, 1.54) is 0 Å². The van der Waals surface area contributed by atoms with Crippen molar-refractivity contribution in [1.82, 2.24) is 10.2 Å². The summed E-state index contributed by atoms with van der Waals surface area (Å²) in [7, 11) is 0. The molecule has 8 heteroatoms. The van der Waals surface area contributed by atoms with Crippen LogP contribution in [0.4, 0.5) is 0 Å². The molecule has 0 saturated carbocycles. The van der Waals surface area contributed by atoms with E-state index in [2.05, 4.69) is 5.32 Å². The summed E-state index contributed by atoms with van der Waals surface area (Å²) < 4.78 is 0. The first-order valence-corrected chi connectivity index (χ1v) is 10.7. The van der Waals surface area contributed by atoms with Crippen molar-refractivity contribution < 1.29 is 24.6 Å². The summed E-state index contributed by atoms with van der Waals surface area (Å²) in [6.07, 6.45) is 4.19. The summed E-state index contributed by atoms with van der Waals surface area (Å²) in [6, 6.07) is 7.77. The molecule has 1 aromatic carbocycles. The molecule has 0 radical (unpaired) electrons. The van der Waals surface area contributed by atoms with E-state index >= 15 is 0 Å². The van der Waals surface area contributed by atoms with Gasteiger partial charge >= 0.3 is 11.9 Å². The minimum Gasteiger partial charge on any atom is -0.481 e. The van der Waals surface area contributed by atoms with Gasteiger partial charge in [-0.3, -0.25) is 19.7 Å². The van der Waals surface area contributed by atoms with Crippen LogP contribution in [0.2, 0.25) is 0 Å². The third-order valence-corrected chi connectivity index (χ3v) is 5.58. The van der Waals surface area contributed by atoms with Gasteiger partial charge in [0.25, 0.3) is 0 Å². The summed E-state index contributed by atoms with van der Waals surface area (Å²) in [5.74, 6) is -2.13. The molecule has 2 rings (SSSR count). The Hall–Kier alpha value is -2.45. The van der Waals surface area contributed by atoms with E-state index in [1.54, 1.807) is 4.90 Å². The second kappa shape index (κ2) is 12.3. The summed E-state index contributed by atoms with van der Waals surface area (Å²) >= 11 is 0. The lowest BCUT2D eigenvalue weighted by Gasteiger charge is -2.30. The van der Waals surface area contributed by atoms with Crippen LogP contribution in [0.15, 0.2) is 30.3 Å². The van der Waals surface area contributed by atoms with Crippen LogP contribution in [0.5, 0.6) is 0 Å². The predicted octanol–water partition coefficient (Wildman–Crippen LogP) is 1.63. The molecule has 1 saturated heterocycles. The van der Waals surface area contributed by atoms with Gasteiger partial charge in [0.15, 0.2) is 0 Å². The first kappa shape index (κ1) is 23.8. The Morgan fingerprint density at radius 3 is 2.47 bits per heavy atom. The molecule has 1 unspecified atom stereocenters. The maximum Gasteiger partial charge on any atom is 0.320 e. The number of carboxylic acid groups (broad SMARTS) is 2. The van der Waals surface area contributed by atoms with Gasteiger partial charge in [-0.2, -0.15) is 0 Å². The number of aryl methyl sites for hydroxylation is 1.